The lowest BCUT2D eigenvalue weighted by molar-refractivity contribution is -0.144. The SMILES string of the molecule is CC(C)C(C(=O)N1CCC[C@H]1C(=O)N[C@H](Cc1ccc2ccccc2c1)C(=O)NCCCN)C(C)C.Cl. The molecular weight excluding hydrogens is 488 g/mol. The number of carbonyl (C=O) groups is 3. The Morgan fingerprint density at radius 2 is 1.70 bits per heavy atom. The Morgan fingerprint density at radius 3 is 2.35 bits per heavy atom. The number of nitrogens with two attached hydrogens (primary N) is 1. The van der Waals surface area contributed by atoms with Crippen molar-refractivity contribution in [3.8, 4) is 0 Å². The fourth-order valence-electron chi connectivity index (χ4n) is 5.35. The number of halogens is 1. The third-order valence-corrected chi connectivity index (χ3v) is 7.13. The van der Waals surface area contributed by atoms with Crippen LogP contribution in [0.15, 0.2) is 42.5 Å². The molecule has 1 fully saturated rings. The number of fused-ring (bicyclic) bond motifs is 1. The van der Waals surface area contributed by atoms with E-state index in [9.17, 15) is 14.4 Å². The van der Waals surface area contributed by atoms with E-state index in [2.05, 4.69) is 44.4 Å². The van der Waals surface area contributed by atoms with Gasteiger partial charge in [0.1, 0.15) is 12.1 Å². The van der Waals surface area contributed by atoms with Gasteiger partial charge in [0, 0.05) is 25.4 Å². The van der Waals surface area contributed by atoms with Crippen molar-refractivity contribution in [2.45, 2.75) is 65.5 Å². The molecule has 0 radical (unpaired) electrons. The van der Waals surface area contributed by atoms with Crippen molar-refractivity contribution in [1.29, 1.82) is 0 Å². The fourth-order valence-corrected chi connectivity index (χ4v) is 5.35. The van der Waals surface area contributed by atoms with E-state index in [1.165, 1.54) is 0 Å². The average molecular weight is 531 g/mol. The summed E-state index contributed by atoms with van der Waals surface area (Å²) in [6, 6.07) is 12.9. The summed E-state index contributed by atoms with van der Waals surface area (Å²) in [6.07, 6.45) is 2.42. The zero-order chi connectivity index (χ0) is 26.2. The minimum Gasteiger partial charge on any atom is -0.354 e. The molecule has 1 aliphatic rings. The normalized spacial score (nSPS) is 16.2. The van der Waals surface area contributed by atoms with Crippen molar-refractivity contribution in [2.24, 2.45) is 23.5 Å². The van der Waals surface area contributed by atoms with Gasteiger partial charge in [-0.3, -0.25) is 14.4 Å². The fraction of sp³-hybridized carbons (Fsp3) is 0.552. The first kappa shape index (κ1) is 30.6. The van der Waals surface area contributed by atoms with Gasteiger partial charge in [0.2, 0.25) is 17.7 Å². The monoisotopic (exact) mass is 530 g/mol. The Labute approximate surface area is 227 Å². The van der Waals surface area contributed by atoms with E-state index >= 15 is 0 Å². The Hall–Kier alpha value is -2.64. The Morgan fingerprint density at radius 1 is 1.03 bits per heavy atom. The molecule has 1 heterocycles. The average Bonchev–Trinajstić information content (AvgIpc) is 3.33. The van der Waals surface area contributed by atoms with Crippen LogP contribution in [-0.2, 0) is 20.8 Å². The third-order valence-electron chi connectivity index (χ3n) is 7.13. The molecule has 0 spiro atoms. The van der Waals surface area contributed by atoms with Gasteiger partial charge in [0.05, 0.1) is 0 Å². The van der Waals surface area contributed by atoms with E-state index in [1.807, 2.05) is 36.4 Å². The number of hydrogen-bond acceptors (Lipinski definition) is 4. The summed E-state index contributed by atoms with van der Waals surface area (Å²) in [5.74, 6) is -0.205. The highest BCUT2D eigenvalue weighted by Crippen LogP contribution is 2.28. The lowest BCUT2D eigenvalue weighted by atomic mass is 9.84. The van der Waals surface area contributed by atoms with Crippen LogP contribution >= 0.6 is 12.4 Å². The molecule has 2 aromatic carbocycles. The number of carbonyl (C=O) groups excluding carboxylic acids is 3. The molecule has 0 saturated carbocycles. The van der Waals surface area contributed by atoms with Gasteiger partial charge in [-0.15, -0.1) is 12.4 Å². The Bertz CT molecular complexity index is 1050. The maximum absolute atomic E-state index is 13.5. The highest BCUT2D eigenvalue weighted by molar-refractivity contribution is 5.93. The quantitative estimate of drug-likeness (QED) is 0.385. The summed E-state index contributed by atoms with van der Waals surface area (Å²) in [5, 5.41) is 8.11. The van der Waals surface area contributed by atoms with Crippen LogP contribution in [0.3, 0.4) is 0 Å². The highest BCUT2D eigenvalue weighted by atomic mass is 35.5. The Balaban J connectivity index is 0.00000481. The van der Waals surface area contributed by atoms with Crippen LogP contribution in [-0.4, -0.2) is 54.3 Å². The van der Waals surface area contributed by atoms with Gasteiger partial charge in [-0.25, -0.2) is 0 Å². The van der Waals surface area contributed by atoms with Gasteiger partial charge in [-0.2, -0.15) is 0 Å². The van der Waals surface area contributed by atoms with Gasteiger partial charge in [-0.05, 0) is 54.0 Å². The summed E-state index contributed by atoms with van der Waals surface area (Å²) < 4.78 is 0. The molecule has 3 amide bonds. The summed E-state index contributed by atoms with van der Waals surface area (Å²) in [6.45, 7) is 9.73. The van der Waals surface area contributed by atoms with Crippen LogP contribution < -0.4 is 16.4 Å². The predicted molar refractivity (Wildman–Crippen MR) is 151 cm³/mol. The number of nitrogens with zero attached hydrogens (tertiary/aromatic N) is 1. The van der Waals surface area contributed by atoms with Crippen LogP contribution in [0.5, 0.6) is 0 Å². The molecule has 8 heteroatoms. The number of nitrogens with one attached hydrogen (secondary N) is 2. The number of likely N-dealkylation sites (tertiary alicyclic amines) is 1. The van der Waals surface area contributed by atoms with Crippen molar-refractivity contribution in [3.63, 3.8) is 0 Å². The Kier molecular flexibility index (Phi) is 11.9. The lowest BCUT2D eigenvalue weighted by Gasteiger charge is -2.32. The van der Waals surface area contributed by atoms with Gasteiger partial charge >= 0.3 is 0 Å². The van der Waals surface area contributed by atoms with Gasteiger partial charge in [0.25, 0.3) is 0 Å². The maximum atomic E-state index is 13.5. The number of hydrogen-bond donors (Lipinski definition) is 3. The second kappa shape index (κ2) is 14.3. The van der Waals surface area contributed by atoms with Crippen molar-refractivity contribution in [1.82, 2.24) is 15.5 Å². The van der Waals surface area contributed by atoms with E-state index in [1.54, 1.807) is 4.90 Å². The third kappa shape index (κ3) is 7.92. The largest absolute Gasteiger partial charge is 0.354 e. The summed E-state index contributed by atoms with van der Waals surface area (Å²) >= 11 is 0. The molecule has 204 valence electrons. The van der Waals surface area contributed by atoms with Crippen LogP contribution in [0.25, 0.3) is 10.8 Å². The van der Waals surface area contributed by atoms with Crippen LogP contribution in [0.1, 0.15) is 52.5 Å². The molecule has 2 atom stereocenters. The molecule has 0 aromatic heterocycles. The van der Waals surface area contributed by atoms with Crippen molar-refractivity contribution < 1.29 is 14.4 Å². The molecule has 1 saturated heterocycles. The minimum atomic E-state index is -0.736. The first-order valence-electron chi connectivity index (χ1n) is 13.3. The summed E-state index contributed by atoms with van der Waals surface area (Å²) in [5.41, 5.74) is 6.55. The molecule has 0 bridgehead atoms. The number of rotatable bonds is 11. The van der Waals surface area contributed by atoms with E-state index in [-0.39, 0.29) is 47.9 Å². The second-order valence-corrected chi connectivity index (χ2v) is 10.6. The van der Waals surface area contributed by atoms with Gasteiger partial charge in [-0.1, -0.05) is 70.2 Å². The zero-order valence-electron chi connectivity index (χ0n) is 22.5. The minimum absolute atomic E-state index is 0. The molecule has 1 aliphatic heterocycles. The number of benzene rings is 2. The van der Waals surface area contributed by atoms with E-state index in [0.717, 1.165) is 22.8 Å². The molecule has 4 N–H and O–H groups in total. The highest BCUT2D eigenvalue weighted by Gasteiger charge is 2.39. The van der Waals surface area contributed by atoms with Gasteiger partial charge < -0.3 is 21.3 Å². The summed E-state index contributed by atoms with van der Waals surface area (Å²) in [4.78, 5) is 41.7. The maximum Gasteiger partial charge on any atom is 0.243 e. The predicted octanol–water partition coefficient (Wildman–Crippen LogP) is 3.67. The molecule has 37 heavy (non-hydrogen) atoms. The summed E-state index contributed by atoms with van der Waals surface area (Å²) in [7, 11) is 0. The molecule has 3 rings (SSSR count). The second-order valence-electron chi connectivity index (χ2n) is 10.6. The topological polar surface area (TPSA) is 105 Å². The van der Waals surface area contributed by atoms with E-state index in [4.69, 9.17) is 5.73 Å². The number of amides is 3. The first-order chi connectivity index (χ1) is 17.2. The first-order valence-corrected chi connectivity index (χ1v) is 13.3. The van der Waals surface area contributed by atoms with Crippen LogP contribution in [0.4, 0.5) is 0 Å². The molecule has 0 aliphatic carbocycles. The standard InChI is InChI=1S/C29H42N4O3.ClH/c1-19(2)26(20(3)4)29(36)33-16-7-11-25(33)28(35)32-24(27(34)31-15-8-14-30)18-21-12-13-22-9-5-6-10-23(22)17-21;/h5-6,9-10,12-13,17,19-20,24-26H,7-8,11,14-16,18,30H2,1-4H3,(H,31,34)(H,32,35);1H/t24-,25+;/m1./s1. The van der Waals surface area contributed by atoms with E-state index < -0.39 is 12.1 Å². The molecule has 7 nitrogen and oxygen atoms in total. The lowest BCUT2D eigenvalue weighted by Crippen LogP contribution is -2.55. The molecule has 2 aromatic rings. The van der Waals surface area contributed by atoms with Crippen molar-refractivity contribution in [2.75, 3.05) is 19.6 Å². The van der Waals surface area contributed by atoms with Crippen molar-refractivity contribution in [3.05, 3.63) is 48.0 Å². The van der Waals surface area contributed by atoms with Crippen LogP contribution in [0.2, 0.25) is 0 Å². The smallest absolute Gasteiger partial charge is 0.243 e. The molecular formula is C29H43ClN4O3. The van der Waals surface area contributed by atoms with E-state index in [0.29, 0.717) is 38.9 Å². The van der Waals surface area contributed by atoms with Gasteiger partial charge in [0.15, 0.2) is 0 Å². The van der Waals surface area contributed by atoms with Crippen molar-refractivity contribution >= 4 is 40.9 Å². The molecule has 0 unspecified atom stereocenters. The zero-order valence-corrected chi connectivity index (χ0v) is 23.4. The van der Waals surface area contributed by atoms with Crippen LogP contribution in [0, 0.1) is 17.8 Å².